The molecule has 0 aromatic heterocycles. The maximum absolute atomic E-state index is 12.3. The van der Waals surface area contributed by atoms with Crippen LogP contribution in [-0.2, 0) is 42.2 Å². The van der Waals surface area contributed by atoms with Crippen molar-refractivity contribution in [2.45, 2.75) is 20.3 Å². The van der Waals surface area contributed by atoms with Crippen molar-refractivity contribution in [2.75, 3.05) is 26.9 Å². The molecule has 0 fully saturated rings. The van der Waals surface area contributed by atoms with Crippen molar-refractivity contribution in [1.82, 2.24) is 4.90 Å². The van der Waals surface area contributed by atoms with Gasteiger partial charge in [-0.2, -0.15) is 0 Å². The van der Waals surface area contributed by atoms with Gasteiger partial charge in [-0.1, -0.05) is 33.7 Å². The Morgan fingerprint density at radius 1 is 1.39 bits per heavy atom. The molecule has 1 heterocycles. The van der Waals surface area contributed by atoms with Crippen LogP contribution in [0.25, 0.3) is 5.70 Å². The molecule has 1 aromatic rings. The van der Waals surface area contributed by atoms with Crippen LogP contribution < -0.4 is 4.74 Å². The SMILES string of the molecule is CCN1C(=O)C(C)C[C-]=C1c1ccc(OCCOC)cc1Br.[Y]. The molecular weight excluding hydrogens is 435 g/mol. The molecule has 0 saturated heterocycles. The second-order valence-corrected chi connectivity index (χ2v) is 6.05. The minimum absolute atomic E-state index is 0. The Morgan fingerprint density at radius 3 is 2.74 bits per heavy atom. The normalized spacial score (nSPS) is 17.6. The smallest absolute Gasteiger partial charge is 0.225 e. The van der Waals surface area contributed by atoms with Gasteiger partial charge in [-0.05, 0) is 19.1 Å². The molecule has 1 aromatic carbocycles. The molecule has 0 spiro atoms. The standard InChI is InChI=1S/C17H21BrNO3.Y/c1-4-19-16(8-5-12(2)17(19)20)14-7-6-13(11-15(14)18)22-10-9-21-3;/h6-7,11-12H,4-5,9-10H2,1-3H3;/q-1;. The number of rotatable bonds is 6. The van der Waals surface area contributed by atoms with Gasteiger partial charge in [0, 0.05) is 52.3 Å². The Balaban J connectivity index is 0.00000264. The molecule has 2 rings (SSSR count). The summed E-state index contributed by atoms with van der Waals surface area (Å²) in [4.78, 5) is 14.1. The fraction of sp³-hybridized carbons (Fsp3) is 0.471. The third-order valence-electron chi connectivity index (χ3n) is 3.60. The minimum atomic E-state index is -0.000809. The molecule has 1 atom stereocenters. The zero-order chi connectivity index (χ0) is 16.1. The van der Waals surface area contributed by atoms with E-state index in [4.69, 9.17) is 9.47 Å². The van der Waals surface area contributed by atoms with Crippen LogP contribution >= 0.6 is 15.9 Å². The topological polar surface area (TPSA) is 38.8 Å². The largest absolute Gasteiger partial charge is 0.491 e. The van der Waals surface area contributed by atoms with Crippen molar-refractivity contribution >= 4 is 27.5 Å². The Kier molecular flexibility index (Phi) is 8.98. The third-order valence-corrected chi connectivity index (χ3v) is 4.26. The molecule has 23 heavy (non-hydrogen) atoms. The number of hydrogen-bond donors (Lipinski definition) is 0. The van der Waals surface area contributed by atoms with Crippen LogP contribution in [0.5, 0.6) is 5.75 Å². The van der Waals surface area contributed by atoms with E-state index in [9.17, 15) is 4.79 Å². The van der Waals surface area contributed by atoms with Crippen LogP contribution in [0.2, 0.25) is 0 Å². The van der Waals surface area contributed by atoms with Crippen molar-refractivity contribution in [3.63, 3.8) is 0 Å². The maximum Gasteiger partial charge on any atom is 0.225 e. The van der Waals surface area contributed by atoms with E-state index in [1.165, 1.54) is 0 Å². The van der Waals surface area contributed by atoms with E-state index in [1.54, 1.807) is 12.0 Å². The van der Waals surface area contributed by atoms with Crippen molar-refractivity contribution < 1.29 is 47.0 Å². The number of ether oxygens (including phenoxy) is 2. The number of benzene rings is 1. The summed E-state index contributed by atoms with van der Waals surface area (Å²) in [7, 11) is 1.64. The summed E-state index contributed by atoms with van der Waals surface area (Å²) in [5.41, 5.74) is 1.81. The molecule has 0 saturated carbocycles. The van der Waals surface area contributed by atoms with Gasteiger partial charge in [0.1, 0.15) is 12.4 Å². The number of methoxy groups -OCH3 is 1. The van der Waals surface area contributed by atoms with Gasteiger partial charge in [0.25, 0.3) is 0 Å². The van der Waals surface area contributed by atoms with E-state index in [2.05, 4.69) is 22.0 Å². The van der Waals surface area contributed by atoms with Crippen LogP contribution in [-0.4, -0.2) is 37.7 Å². The fourth-order valence-electron chi connectivity index (χ4n) is 2.38. The van der Waals surface area contributed by atoms with Crippen LogP contribution in [0.15, 0.2) is 22.7 Å². The molecule has 0 bridgehead atoms. The van der Waals surface area contributed by atoms with Crippen molar-refractivity contribution in [1.29, 1.82) is 0 Å². The van der Waals surface area contributed by atoms with Gasteiger partial charge in [0.2, 0.25) is 5.91 Å². The fourth-order valence-corrected chi connectivity index (χ4v) is 2.93. The number of allylic oxidation sites excluding steroid dienone is 1. The molecule has 6 heteroatoms. The van der Waals surface area contributed by atoms with E-state index in [1.807, 2.05) is 32.0 Å². The average molecular weight is 456 g/mol. The molecule has 1 amide bonds. The first kappa shape index (κ1) is 20.8. The number of amides is 1. The molecule has 1 aliphatic heterocycles. The van der Waals surface area contributed by atoms with Gasteiger partial charge >= 0.3 is 0 Å². The summed E-state index contributed by atoms with van der Waals surface area (Å²) in [5, 5.41) is 0. The second kappa shape index (κ2) is 9.92. The molecule has 4 nitrogen and oxygen atoms in total. The van der Waals surface area contributed by atoms with Gasteiger partial charge in [0.15, 0.2) is 0 Å². The molecule has 1 unspecified atom stereocenters. The van der Waals surface area contributed by atoms with Crippen LogP contribution in [0.4, 0.5) is 0 Å². The van der Waals surface area contributed by atoms with E-state index < -0.39 is 0 Å². The van der Waals surface area contributed by atoms with E-state index in [-0.39, 0.29) is 44.5 Å². The summed E-state index contributed by atoms with van der Waals surface area (Å²) in [6, 6.07) is 5.78. The van der Waals surface area contributed by atoms with Crippen LogP contribution in [0.3, 0.4) is 0 Å². The zero-order valence-corrected chi connectivity index (χ0v) is 18.2. The first-order valence-corrected chi connectivity index (χ1v) is 8.21. The summed E-state index contributed by atoms with van der Waals surface area (Å²) >= 11 is 3.57. The molecule has 0 N–H and O–H groups in total. The van der Waals surface area contributed by atoms with Crippen LogP contribution in [0.1, 0.15) is 25.8 Å². The first-order chi connectivity index (χ1) is 10.6. The average Bonchev–Trinajstić information content (AvgIpc) is 2.51. The number of halogens is 1. The minimum Gasteiger partial charge on any atom is -0.491 e. The van der Waals surface area contributed by atoms with Crippen molar-refractivity contribution in [3.8, 4) is 5.75 Å². The Morgan fingerprint density at radius 2 is 2.13 bits per heavy atom. The van der Waals surface area contributed by atoms with E-state index in [0.29, 0.717) is 26.2 Å². The van der Waals surface area contributed by atoms with Gasteiger partial charge in [0.05, 0.1) is 6.61 Å². The third kappa shape index (κ3) is 5.12. The monoisotopic (exact) mass is 455 g/mol. The Bertz CT molecular complexity index is 577. The zero-order valence-electron chi connectivity index (χ0n) is 13.8. The summed E-state index contributed by atoms with van der Waals surface area (Å²) < 4.78 is 11.5. The second-order valence-electron chi connectivity index (χ2n) is 5.20. The molecule has 0 aliphatic carbocycles. The van der Waals surface area contributed by atoms with E-state index >= 15 is 0 Å². The van der Waals surface area contributed by atoms with Gasteiger partial charge in [-0.15, -0.1) is 17.3 Å². The van der Waals surface area contributed by atoms with E-state index in [0.717, 1.165) is 21.5 Å². The van der Waals surface area contributed by atoms with Crippen molar-refractivity contribution in [2.24, 2.45) is 5.92 Å². The van der Waals surface area contributed by atoms with Gasteiger partial charge < -0.3 is 14.4 Å². The number of hydrogen-bond acceptors (Lipinski definition) is 3. The van der Waals surface area contributed by atoms with Gasteiger partial charge in [-0.25, -0.2) is 6.08 Å². The Hall–Kier alpha value is -0.226. The quantitative estimate of drug-likeness (QED) is 0.486. The number of carbonyl (C=O) groups excluding carboxylic acids is 1. The molecule has 1 radical (unpaired) electrons. The van der Waals surface area contributed by atoms with Gasteiger partial charge in [-0.3, -0.25) is 4.79 Å². The molecular formula is C17H21BrNO3Y-. The molecule has 1 aliphatic rings. The first-order valence-electron chi connectivity index (χ1n) is 7.42. The van der Waals surface area contributed by atoms with Crippen molar-refractivity contribution in [3.05, 3.63) is 34.3 Å². The predicted molar refractivity (Wildman–Crippen MR) is 89.3 cm³/mol. The Labute approximate surface area is 171 Å². The summed E-state index contributed by atoms with van der Waals surface area (Å²) in [6.07, 6.45) is 4.02. The van der Waals surface area contributed by atoms with Crippen LogP contribution in [0, 0.1) is 12.0 Å². The number of nitrogens with zero attached hydrogens (tertiary/aromatic N) is 1. The summed E-state index contributed by atoms with van der Waals surface area (Å²) in [6.45, 7) is 5.62. The maximum atomic E-state index is 12.3. The number of carbonyl (C=O) groups is 1. The summed E-state index contributed by atoms with van der Waals surface area (Å²) in [5.74, 6) is 0.925. The predicted octanol–water partition coefficient (Wildman–Crippen LogP) is 3.50. The molecule has 123 valence electrons.